The SMILES string of the molecule is COc1ccc2nccc(Oc3ccc(NC(=O)c4cnc(C)c(-c5cccs5)c4O)cc3F)c2n1. The van der Waals surface area contributed by atoms with Gasteiger partial charge in [0.2, 0.25) is 5.88 Å². The lowest BCUT2D eigenvalue weighted by Gasteiger charge is -2.13. The molecule has 5 aromatic rings. The summed E-state index contributed by atoms with van der Waals surface area (Å²) in [5.74, 6) is -0.907. The molecule has 180 valence electrons. The predicted octanol–water partition coefficient (Wildman–Crippen LogP) is 5.96. The van der Waals surface area contributed by atoms with Gasteiger partial charge in [0.15, 0.2) is 17.3 Å². The molecule has 1 amide bonds. The summed E-state index contributed by atoms with van der Waals surface area (Å²) in [6.45, 7) is 1.75. The Balaban J connectivity index is 1.39. The minimum absolute atomic E-state index is 0.0204. The van der Waals surface area contributed by atoms with Crippen LogP contribution in [0.3, 0.4) is 0 Å². The van der Waals surface area contributed by atoms with Crippen molar-refractivity contribution in [3.8, 4) is 33.6 Å². The average Bonchev–Trinajstić information content (AvgIpc) is 3.40. The Hall–Kier alpha value is -4.57. The molecule has 10 heteroatoms. The van der Waals surface area contributed by atoms with Crippen molar-refractivity contribution >= 4 is 34.0 Å². The molecule has 4 heterocycles. The first-order valence-corrected chi connectivity index (χ1v) is 11.6. The number of nitrogens with zero attached hydrogens (tertiary/aromatic N) is 3. The first-order chi connectivity index (χ1) is 17.4. The first-order valence-electron chi connectivity index (χ1n) is 10.8. The van der Waals surface area contributed by atoms with E-state index in [1.807, 2.05) is 17.5 Å². The summed E-state index contributed by atoms with van der Waals surface area (Å²) in [7, 11) is 1.49. The zero-order chi connectivity index (χ0) is 25.2. The number of anilines is 1. The van der Waals surface area contributed by atoms with E-state index in [-0.39, 0.29) is 22.7 Å². The molecule has 0 aliphatic carbocycles. The predicted molar refractivity (Wildman–Crippen MR) is 134 cm³/mol. The van der Waals surface area contributed by atoms with Gasteiger partial charge in [0, 0.05) is 46.9 Å². The molecule has 2 N–H and O–H groups in total. The van der Waals surface area contributed by atoms with Crippen molar-refractivity contribution in [2.45, 2.75) is 6.92 Å². The molecule has 1 aromatic carbocycles. The van der Waals surface area contributed by atoms with Crippen LogP contribution in [0.4, 0.5) is 10.1 Å². The third-order valence-electron chi connectivity index (χ3n) is 5.39. The van der Waals surface area contributed by atoms with E-state index in [1.165, 1.54) is 43.0 Å². The molecule has 5 rings (SSSR count). The number of benzene rings is 1. The van der Waals surface area contributed by atoms with Gasteiger partial charge in [0.05, 0.1) is 18.2 Å². The number of aromatic nitrogens is 3. The number of aryl methyl sites for hydroxylation is 1. The van der Waals surface area contributed by atoms with Crippen LogP contribution in [0.25, 0.3) is 21.5 Å². The van der Waals surface area contributed by atoms with Gasteiger partial charge in [-0.1, -0.05) is 6.07 Å². The number of amides is 1. The number of halogens is 1. The molecule has 0 bridgehead atoms. The second-order valence-corrected chi connectivity index (χ2v) is 8.64. The molecular formula is C26H19FN4O4S. The molecule has 0 spiro atoms. The summed E-state index contributed by atoms with van der Waals surface area (Å²) in [5, 5.41) is 15.2. The fraction of sp³-hybridized carbons (Fsp3) is 0.0769. The number of hydrogen-bond acceptors (Lipinski definition) is 8. The van der Waals surface area contributed by atoms with Gasteiger partial charge in [-0.3, -0.25) is 14.8 Å². The van der Waals surface area contributed by atoms with Gasteiger partial charge < -0.3 is 19.9 Å². The summed E-state index contributed by atoms with van der Waals surface area (Å²) < 4.78 is 25.8. The number of aromatic hydroxyl groups is 1. The standard InChI is InChI=1S/C26H19FN4O4S/c1-14-23(21-4-3-11-36-21)25(32)16(13-29-14)26(33)30-15-5-7-19(17(27)12-15)35-20-9-10-28-18-6-8-22(34-2)31-24(18)20/h3-13H,1-2H3,(H,29,32)(H,30,33). The number of ether oxygens (including phenoxy) is 2. The van der Waals surface area contributed by atoms with Gasteiger partial charge in [-0.15, -0.1) is 11.3 Å². The van der Waals surface area contributed by atoms with Crippen LogP contribution in [0.5, 0.6) is 23.1 Å². The Labute approximate surface area is 209 Å². The topological polar surface area (TPSA) is 106 Å². The second kappa shape index (κ2) is 9.59. The molecule has 0 radical (unpaired) electrons. The van der Waals surface area contributed by atoms with E-state index >= 15 is 0 Å². The Morgan fingerprint density at radius 1 is 1.11 bits per heavy atom. The summed E-state index contributed by atoms with van der Waals surface area (Å²) >= 11 is 1.42. The first kappa shape index (κ1) is 23.2. The van der Waals surface area contributed by atoms with Gasteiger partial charge in [-0.2, -0.15) is 0 Å². The largest absolute Gasteiger partial charge is 0.506 e. The number of fused-ring (bicyclic) bond motifs is 1. The molecule has 0 saturated heterocycles. The fourth-order valence-electron chi connectivity index (χ4n) is 3.63. The molecule has 36 heavy (non-hydrogen) atoms. The molecule has 0 saturated carbocycles. The minimum atomic E-state index is -0.703. The molecule has 0 aliphatic rings. The van der Waals surface area contributed by atoms with E-state index in [0.717, 1.165) is 10.9 Å². The number of nitrogens with one attached hydrogen (secondary N) is 1. The van der Waals surface area contributed by atoms with Crippen LogP contribution in [-0.2, 0) is 0 Å². The van der Waals surface area contributed by atoms with Gasteiger partial charge in [-0.25, -0.2) is 9.37 Å². The van der Waals surface area contributed by atoms with Gasteiger partial charge >= 0.3 is 0 Å². The number of hydrogen-bond donors (Lipinski definition) is 2. The number of carbonyl (C=O) groups excluding carboxylic acids is 1. The second-order valence-electron chi connectivity index (χ2n) is 7.69. The van der Waals surface area contributed by atoms with Crippen molar-refractivity contribution in [2.75, 3.05) is 12.4 Å². The smallest absolute Gasteiger partial charge is 0.261 e. The monoisotopic (exact) mass is 502 g/mol. The number of rotatable bonds is 6. The number of carbonyl (C=O) groups is 1. The molecular weight excluding hydrogens is 483 g/mol. The number of thiophene rings is 1. The molecule has 4 aromatic heterocycles. The van der Waals surface area contributed by atoms with E-state index in [1.54, 1.807) is 25.1 Å². The van der Waals surface area contributed by atoms with Crippen LogP contribution in [0.1, 0.15) is 16.1 Å². The Morgan fingerprint density at radius 3 is 2.72 bits per heavy atom. The van der Waals surface area contributed by atoms with Crippen molar-refractivity contribution in [1.82, 2.24) is 15.0 Å². The van der Waals surface area contributed by atoms with Crippen molar-refractivity contribution in [3.05, 3.63) is 83.4 Å². The highest BCUT2D eigenvalue weighted by molar-refractivity contribution is 7.13. The maximum atomic E-state index is 14.9. The maximum Gasteiger partial charge on any atom is 0.261 e. The van der Waals surface area contributed by atoms with Crippen LogP contribution in [0.2, 0.25) is 0 Å². The molecule has 0 atom stereocenters. The Kier molecular flexibility index (Phi) is 6.17. The van der Waals surface area contributed by atoms with Crippen LogP contribution in [0.15, 0.2) is 66.3 Å². The maximum absolute atomic E-state index is 14.9. The van der Waals surface area contributed by atoms with E-state index in [0.29, 0.717) is 33.9 Å². The van der Waals surface area contributed by atoms with Crippen molar-refractivity contribution in [2.24, 2.45) is 0 Å². The average molecular weight is 503 g/mol. The number of pyridine rings is 3. The molecule has 0 unspecified atom stereocenters. The highest BCUT2D eigenvalue weighted by Gasteiger charge is 2.20. The van der Waals surface area contributed by atoms with Crippen molar-refractivity contribution in [3.63, 3.8) is 0 Å². The summed E-state index contributed by atoms with van der Waals surface area (Å²) in [6, 6.07) is 12.7. The van der Waals surface area contributed by atoms with E-state index in [2.05, 4.69) is 20.3 Å². The lowest BCUT2D eigenvalue weighted by atomic mass is 10.1. The van der Waals surface area contributed by atoms with Crippen molar-refractivity contribution < 1.29 is 23.8 Å². The highest BCUT2D eigenvalue weighted by Crippen LogP contribution is 2.37. The number of methoxy groups -OCH3 is 1. The lowest BCUT2D eigenvalue weighted by molar-refractivity contribution is 0.102. The van der Waals surface area contributed by atoms with Crippen LogP contribution >= 0.6 is 11.3 Å². The zero-order valence-corrected chi connectivity index (χ0v) is 20.0. The van der Waals surface area contributed by atoms with Crippen LogP contribution < -0.4 is 14.8 Å². The van der Waals surface area contributed by atoms with Gasteiger partial charge in [0.1, 0.15) is 16.8 Å². The Bertz CT molecular complexity index is 1590. The lowest BCUT2D eigenvalue weighted by Crippen LogP contribution is -2.13. The third kappa shape index (κ3) is 4.41. The van der Waals surface area contributed by atoms with Crippen molar-refractivity contribution in [1.29, 1.82) is 0 Å². The van der Waals surface area contributed by atoms with Crippen LogP contribution in [-0.4, -0.2) is 33.1 Å². The fourth-order valence-corrected chi connectivity index (χ4v) is 4.46. The zero-order valence-electron chi connectivity index (χ0n) is 19.2. The van der Waals surface area contributed by atoms with Crippen LogP contribution in [0, 0.1) is 12.7 Å². The minimum Gasteiger partial charge on any atom is -0.506 e. The third-order valence-corrected chi connectivity index (χ3v) is 6.28. The van der Waals surface area contributed by atoms with E-state index in [9.17, 15) is 14.3 Å². The summed E-state index contributed by atoms with van der Waals surface area (Å²) in [5.41, 5.74) is 2.22. The molecule has 0 aliphatic heterocycles. The highest BCUT2D eigenvalue weighted by atomic mass is 32.1. The van der Waals surface area contributed by atoms with Gasteiger partial charge in [-0.05, 0) is 36.6 Å². The normalized spacial score (nSPS) is 10.9. The molecule has 0 fully saturated rings. The quantitative estimate of drug-likeness (QED) is 0.295. The summed E-state index contributed by atoms with van der Waals surface area (Å²) in [6.07, 6.45) is 2.83. The van der Waals surface area contributed by atoms with E-state index < -0.39 is 11.7 Å². The Morgan fingerprint density at radius 2 is 1.97 bits per heavy atom. The van der Waals surface area contributed by atoms with E-state index in [4.69, 9.17) is 9.47 Å². The van der Waals surface area contributed by atoms with Gasteiger partial charge in [0.25, 0.3) is 5.91 Å². The molecule has 8 nitrogen and oxygen atoms in total. The summed E-state index contributed by atoms with van der Waals surface area (Å²) in [4.78, 5) is 26.5.